The van der Waals surface area contributed by atoms with Crippen molar-refractivity contribution in [3.8, 4) is 34.5 Å². The van der Waals surface area contributed by atoms with Crippen LogP contribution in [0.15, 0.2) is 83.5 Å². The van der Waals surface area contributed by atoms with Gasteiger partial charge in [-0.3, -0.25) is 4.90 Å². The Balaban J connectivity index is 1.06. The molecule has 0 amide bonds. The molecular formula is C32H32ClN5O5. The number of methoxy groups -OCH3 is 1. The molecule has 0 unspecified atom stereocenters. The highest BCUT2D eigenvalue weighted by Crippen LogP contribution is 2.35. The third-order valence-electron chi connectivity index (χ3n) is 7.02. The largest absolute Gasteiger partial charge is 0.490 e. The lowest BCUT2D eigenvalue weighted by Gasteiger charge is -2.34. The van der Waals surface area contributed by atoms with Crippen molar-refractivity contribution in [1.29, 1.82) is 0 Å². The molecule has 1 aliphatic heterocycles. The number of nitrogens with zero attached hydrogens (tertiary/aromatic N) is 5. The number of ether oxygens (including phenoxy) is 4. The fourth-order valence-corrected chi connectivity index (χ4v) is 4.95. The normalized spacial score (nSPS) is 13.8. The van der Waals surface area contributed by atoms with Gasteiger partial charge in [-0.05, 0) is 67.1 Å². The van der Waals surface area contributed by atoms with Crippen LogP contribution in [0.4, 0.5) is 5.95 Å². The number of fused-ring (bicyclic) bond motifs is 1. The molecule has 1 fully saturated rings. The van der Waals surface area contributed by atoms with Crippen molar-refractivity contribution in [2.75, 3.05) is 58.1 Å². The Labute approximate surface area is 254 Å². The van der Waals surface area contributed by atoms with Crippen molar-refractivity contribution >= 4 is 28.6 Å². The number of halogens is 1. The van der Waals surface area contributed by atoms with Gasteiger partial charge in [0.1, 0.15) is 17.0 Å². The summed E-state index contributed by atoms with van der Waals surface area (Å²) in [7, 11) is 1.58. The van der Waals surface area contributed by atoms with E-state index in [2.05, 4.69) is 24.8 Å². The summed E-state index contributed by atoms with van der Waals surface area (Å²) in [6, 6.07) is 20.2. The molecule has 6 rings (SSSR count). The molecule has 0 radical (unpaired) electrons. The summed E-state index contributed by atoms with van der Waals surface area (Å²) in [6.07, 6.45) is 4.46. The Morgan fingerprint density at radius 3 is 2.44 bits per heavy atom. The minimum Gasteiger partial charge on any atom is -0.490 e. The van der Waals surface area contributed by atoms with E-state index in [1.807, 2.05) is 54.6 Å². The molecule has 0 N–H and O–H groups in total. The molecular weight excluding hydrogens is 570 g/mol. The smallest absolute Gasteiger partial charge is 0.227 e. The second kappa shape index (κ2) is 13.7. The summed E-state index contributed by atoms with van der Waals surface area (Å²) < 4.78 is 29.2. The number of aromatic nitrogens is 3. The van der Waals surface area contributed by atoms with E-state index in [0.29, 0.717) is 46.1 Å². The van der Waals surface area contributed by atoms with Crippen LogP contribution in [0.5, 0.6) is 23.0 Å². The van der Waals surface area contributed by atoms with Crippen LogP contribution in [0.2, 0.25) is 5.02 Å². The van der Waals surface area contributed by atoms with Gasteiger partial charge in [-0.2, -0.15) is 0 Å². The number of rotatable bonds is 12. The van der Waals surface area contributed by atoms with Crippen LogP contribution in [-0.2, 0) is 4.74 Å². The molecule has 1 aliphatic rings. The molecule has 3 aromatic carbocycles. The topological polar surface area (TPSA) is 95.2 Å². The van der Waals surface area contributed by atoms with E-state index in [9.17, 15) is 0 Å². The SMILES string of the molecule is COCOc1cc(-c2nc3ccc(Oc4ccc(Cl)cc4)cc3o2)ccc1OCCCN1CCN(c2ncccn2)CC1. The maximum atomic E-state index is 6.13. The van der Waals surface area contributed by atoms with Crippen LogP contribution in [0.3, 0.4) is 0 Å². The summed E-state index contributed by atoms with van der Waals surface area (Å²) in [5.41, 5.74) is 2.09. The fourth-order valence-electron chi connectivity index (χ4n) is 4.82. The molecule has 0 bridgehead atoms. The number of hydrogen-bond acceptors (Lipinski definition) is 10. The van der Waals surface area contributed by atoms with Crippen LogP contribution in [0, 0.1) is 0 Å². The van der Waals surface area contributed by atoms with Gasteiger partial charge in [0.2, 0.25) is 11.8 Å². The zero-order chi connectivity index (χ0) is 29.4. The third kappa shape index (κ3) is 7.34. The minimum atomic E-state index is 0.0914. The van der Waals surface area contributed by atoms with Crippen LogP contribution >= 0.6 is 11.6 Å². The quantitative estimate of drug-likeness (QED) is 0.120. The highest BCUT2D eigenvalue weighted by molar-refractivity contribution is 6.30. The van der Waals surface area contributed by atoms with Crippen LogP contribution < -0.4 is 19.1 Å². The molecule has 3 heterocycles. The Morgan fingerprint density at radius 1 is 0.860 bits per heavy atom. The number of hydrogen-bond donors (Lipinski definition) is 0. The van der Waals surface area contributed by atoms with E-state index >= 15 is 0 Å². The molecule has 11 heteroatoms. The lowest BCUT2D eigenvalue weighted by atomic mass is 10.2. The van der Waals surface area contributed by atoms with E-state index in [0.717, 1.165) is 56.2 Å². The second-order valence-corrected chi connectivity index (χ2v) is 10.4. The van der Waals surface area contributed by atoms with E-state index < -0.39 is 0 Å². The lowest BCUT2D eigenvalue weighted by molar-refractivity contribution is 0.0485. The lowest BCUT2D eigenvalue weighted by Crippen LogP contribution is -2.47. The number of oxazole rings is 1. The first-order valence-electron chi connectivity index (χ1n) is 14.1. The molecule has 0 saturated carbocycles. The van der Waals surface area contributed by atoms with E-state index in [4.69, 9.17) is 35.0 Å². The van der Waals surface area contributed by atoms with Crippen molar-refractivity contribution < 1.29 is 23.4 Å². The average molecular weight is 602 g/mol. The summed E-state index contributed by atoms with van der Waals surface area (Å²) in [5.74, 6) is 3.78. The van der Waals surface area contributed by atoms with Crippen LogP contribution in [0.1, 0.15) is 6.42 Å². The van der Waals surface area contributed by atoms with Gasteiger partial charge in [-0.25, -0.2) is 15.0 Å². The molecule has 2 aromatic heterocycles. The molecule has 5 aromatic rings. The van der Waals surface area contributed by atoms with E-state index in [1.165, 1.54) is 0 Å². The van der Waals surface area contributed by atoms with Gasteiger partial charge in [0.05, 0.1) is 6.61 Å². The van der Waals surface area contributed by atoms with Gasteiger partial charge in [0.25, 0.3) is 0 Å². The monoisotopic (exact) mass is 601 g/mol. The number of piperazine rings is 1. The van der Waals surface area contributed by atoms with Gasteiger partial charge < -0.3 is 28.3 Å². The van der Waals surface area contributed by atoms with Gasteiger partial charge in [-0.1, -0.05) is 11.6 Å². The first-order chi connectivity index (χ1) is 21.1. The average Bonchev–Trinajstić information content (AvgIpc) is 3.48. The molecule has 10 nitrogen and oxygen atoms in total. The van der Waals surface area contributed by atoms with Gasteiger partial charge in [-0.15, -0.1) is 0 Å². The van der Waals surface area contributed by atoms with Crippen LogP contribution in [-0.4, -0.2) is 73.1 Å². The molecule has 1 saturated heterocycles. The predicted octanol–water partition coefficient (Wildman–Crippen LogP) is 6.30. The van der Waals surface area contributed by atoms with Crippen LogP contribution in [0.25, 0.3) is 22.6 Å². The number of anilines is 1. The Hall–Kier alpha value is -4.38. The first kappa shape index (κ1) is 28.7. The van der Waals surface area contributed by atoms with Gasteiger partial charge in [0.15, 0.2) is 23.9 Å². The van der Waals surface area contributed by atoms with Crippen molar-refractivity contribution in [2.24, 2.45) is 0 Å². The summed E-state index contributed by atoms with van der Waals surface area (Å²) >= 11 is 5.98. The summed E-state index contributed by atoms with van der Waals surface area (Å²) in [4.78, 5) is 18.0. The molecule has 0 aliphatic carbocycles. The Kier molecular flexibility index (Phi) is 9.17. The molecule has 0 atom stereocenters. The van der Waals surface area contributed by atoms with Crippen molar-refractivity contribution in [1.82, 2.24) is 19.9 Å². The van der Waals surface area contributed by atoms with E-state index in [-0.39, 0.29) is 6.79 Å². The first-order valence-corrected chi connectivity index (χ1v) is 14.5. The van der Waals surface area contributed by atoms with E-state index in [1.54, 1.807) is 31.6 Å². The Morgan fingerprint density at radius 2 is 1.65 bits per heavy atom. The minimum absolute atomic E-state index is 0.0914. The Bertz CT molecular complexity index is 1630. The zero-order valence-electron chi connectivity index (χ0n) is 23.8. The number of benzene rings is 3. The molecule has 43 heavy (non-hydrogen) atoms. The molecule has 222 valence electrons. The highest BCUT2D eigenvalue weighted by Gasteiger charge is 2.19. The van der Waals surface area contributed by atoms with Crippen molar-refractivity contribution in [3.63, 3.8) is 0 Å². The second-order valence-electron chi connectivity index (χ2n) is 10.00. The zero-order valence-corrected chi connectivity index (χ0v) is 24.6. The van der Waals surface area contributed by atoms with Crippen molar-refractivity contribution in [2.45, 2.75) is 6.42 Å². The summed E-state index contributed by atoms with van der Waals surface area (Å²) in [6.45, 7) is 5.35. The third-order valence-corrected chi connectivity index (χ3v) is 7.27. The van der Waals surface area contributed by atoms with Gasteiger partial charge in [0, 0.05) is 68.9 Å². The van der Waals surface area contributed by atoms with Crippen molar-refractivity contribution in [3.05, 3.63) is 84.1 Å². The standard InChI is InChI=1S/C32H32ClN5O5/c1-39-22-41-30-20-23(31-36-27-10-9-26(21-29(27)43-31)42-25-7-5-24(33)6-8-25)4-11-28(30)40-19-3-14-37-15-17-38(18-16-37)32-34-12-2-13-35-32/h2,4-13,20-21H,3,14-19,22H2,1H3. The highest BCUT2D eigenvalue weighted by atomic mass is 35.5. The fraction of sp³-hybridized carbons (Fsp3) is 0.281. The molecule has 0 spiro atoms. The predicted molar refractivity (Wildman–Crippen MR) is 164 cm³/mol. The summed E-state index contributed by atoms with van der Waals surface area (Å²) in [5, 5.41) is 0.651. The maximum Gasteiger partial charge on any atom is 0.227 e. The van der Waals surface area contributed by atoms with Gasteiger partial charge >= 0.3 is 0 Å². The maximum absolute atomic E-state index is 6.13.